The average molecular weight is 539 g/mol. The highest BCUT2D eigenvalue weighted by atomic mass is 16.5. The molecule has 40 heavy (non-hydrogen) atoms. The maximum atomic E-state index is 11.4. The number of allylic oxidation sites excluding steroid dienone is 4. The Labute approximate surface area is 233 Å². The third-order valence-corrected chi connectivity index (χ3v) is 7.80. The average Bonchev–Trinajstić information content (AvgIpc) is 3.30. The molecule has 206 valence electrons. The van der Waals surface area contributed by atoms with E-state index in [0.717, 1.165) is 92.3 Å². The van der Waals surface area contributed by atoms with Gasteiger partial charge >= 0.3 is 0 Å². The van der Waals surface area contributed by atoms with Crippen LogP contribution in [0.5, 0.6) is 5.88 Å². The van der Waals surface area contributed by atoms with Gasteiger partial charge in [0.1, 0.15) is 18.7 Å². The molecule has 1 atom stereocenters. The number of dihydropyridines is 1. The first-order valence-electron chi connectivity index (χ1n) is 13.9. The van der Waals surface area contributed by atoms with Crippen molar-refractivity contribution in [3.05, 3.63) is 89.2 Å². The van der Waals surface area contributed by atoms with Crippen LogP contribution in [-0.4, -0.2) is 64.3 Å². The van der Waals surface area contributed by atoms with Crippen molar-refractivity contribution in [2.45, 2.75) is 44.4 Å². The second-order valence-corrected chi connectivity index (χ2v) is 10.5. The maximum Gasteiger partial charge on any atom is 0.213 e. The number of ether oxygens (including phenoxy) is 2. The number of nitrogens with one attached hydrogen (secondary N) is 2. The van der Waals surface area contributed by atoms with Crippen LogP contribution < -0.4 is 10.1 Å². The molecule has 0 saturated carbocycles. The number of carbonyl (C=O) groups is 1. The van der Waals surface area contributed by atoms with Gasteiger partial charge in [0.05, 0.1) is 35.9 Å². The number of carbonyl (C=O) groups excluding carboxylic acids is 1. The molecular weight excluding hydrogens is 504 g/mol. The van der Waals surface area contributed by atoms with Gasteiger partial charge in [-0.15, -0.1) is 0 Å². The highest BCUT2D eigenvalue weighted by Crippen LogP contribution is 2.30. The third-order valence-electron chi connectivity index (χ3n) is 7.80. The molecule has 0 aliphatic carbocycles. The Morgan fingerprint density at radius 1 is 1.15 bits per heavy atom. The number of hydrogen-bond donors (Lipinski definition) is 2. The van der Waals surface area contributed by atoms with Gasteiger partial charge in [-0.1, -0.05) is 12.1 Å². The lowest BCUT2D eigenvalue weighted by molar-refractivity contribution is -0.0592. The molecule has 0 radical (unpaired) electrons. The Hall–Kier alpha value is -4.08. The number of hydrogen-bond acceptors (Lipinski definition) is 8. The Kier molecular flexibility index (Phi) is 7.83. The summed E-state index contributed by atoms with van der Waals surface area (Å²) in [6.07, 6.45) is 13.0. The summed E-state index contributed by atoms with van der Waals surface area (Å²) >= 11 is 0. The van der Waals surface area contributed by atoms with E-state index < -0.39 is 0 Å². The molecule has 1 aromatic carbocycles. The monoisotopic (exact) mass is 538 g/mol. The van der Waals surface area contributed by atoms with Gasteiger partial charge in [0.2, 0.25) is 5.88 Å². The highest BCUT2D eigenvalue weighted by molar-refractivity contribution is 5.85. The van der Waals surface area contributed by atoms with Gasteiger partial charge in [-0.2, -0.15) is 0 Å². The molecule has 9 nitrogen and oxygen atoms in total. The fourth-order valence-corrected chi connectivity index (χ4v) is 5.50. The summed E-state index contributed by atoms with van der Waals surface area (Å²) < 4.78 is 14.0. The van der Waals surface area contributed by atoms with E-state index >= 15 is 0 Å². The molecule has 0 amide bonds. The van der Waals surface area contributed by atoms with E-state index in [1.807, 2.05) is 48.6 Å². The van der Waals surface area contributed by atoms with E-state index in [2.05, 4.69) is 20.9 Å². The van der Waals surface area contributed by atoms with Crippen LogP contribution in [0.25, 0.3) is 11.0 Å². The Bertz CT molecular complexity index is 1480. The van der Waals surface area contributed by atoms with Gasteiger partial charge in [0.15, 0.2) is 0 Å². The summed E-state index contributed by atoms with van der Waals surface area (Å²) in [5, 5.41) is 10.5. The fraction of sp³-hybridized carbons (Fsp3) is 0.355. The number of nitrogens with zero attached hydrogens (tertiary/aromatic N) is 4. The van der Waals surface area contributed by atoms with Crippen molar-refractivity contribution in [2.75, 3.05) is 26.3 Å². The number of likely N-dealkylation sites (tertiary alicyclic amines) is 1. The molecule has 3 aliphatic heterocycles. The van der Waals surface area contributed by atoms with Crippen molar-refractivity contribution in [2.24, 2.45) is 0 Å². The third kappa shape index (κ3) is 5.90. The molecule has 9 heteroatoms. The van der Waals surface area contributed by atoms with Crippen LogP contribution in [0.4, 0.5) is 0 Å². The van der Waals surface area contributed by atoms with Crippen LogP contribution in [-0.2, 0) is 17.8 Å². The van der Waals surface area contributed by atoms with Crippen molar-refractivity contribution in [3.63, 3.8) is 0 Å². The van der Waals surface area contributed by atoms with Gasteiger partial charge in [0, 0.05) is 41.8 Å². The maximum absolute atomic E-state index is 11.4. The lowest BCUT2D eigenvalue weighted by atomic mass is 9.93. The lowest BCUT2D eigenvalue weighted by Gasteiger charge is -2.32. The molecule has 2 saturated heterocycles. The first kappa shape index (κ1) is 26.2. The number of benzene rings is 1. The van der Waals surface area contributed by atoms with Crippen LogP contribution in [0.2, 0.25) is 0 Å². The number of piperidine rings is 1. The van der Waals surface area contributed by atoms with E-state index in [4.69, 9.17) is 24.9 Å². The Balaban J connectivity index is 1.08. The smallest absolute Gasteiger partial charge is 0.213 e. The second-order valence-electron chi connectivity index (χ2n) is 10.5. The van der Waals surface area contributed by atoms with Gasteiger partial charge < -0.3 is 24.8 Å². The number of fused-ring (bicyclic) bond motifs is 1. The number of rotatable bonds is 10. The molecule has 1 unspecified atom stereocenters. The zero-order chi connectivity index (χ0) is 27.3. The SMILES string of the molecule is N=C/C=C1/C=CC=C(COc2cccc(C3CCN(Cc4nc5ccc(C=O)cc5n4CC4CCO4)CC3)n2)N1. The fourth-order valence-electron chi connectivity index (χ4n) is 5.50. The molecule has 5 heterocycles. The lowest BCUT2D eigenvalue weighted by Crippen LogP contribution is -2.35. The van der Waals surface area contributed by atoms with E-state index in [-0.39, 0.29) is 6.10 Å². The van der Waals surface area contributed by atoms with Crippen LogP contribution in [0.1, 0.15) is 47.1 Å². The summed E-state index contributed by atoms with van der Waals surface area (Å²) in [6, 6.07) is 11.7. The summed E-state index contributed by atoms with van der Waals surface area (Å²) in [7, 11) is 0. The molecule has 3 aromatic rings. The number of pyridine rings is 1. The minimum atomic E-state index is 0.212. The van der Waals surface area contributed by atoms with Gasteiger partial charge in [-0.25, -0.2) is 9.97 Å². The normalized spacial score (nSPS) is 20.6. The first-order chi connectivity index (χ1) is 19.7. The summed E-state index contributed by atoms with van der Waals surface area (Å²) in [5.74, 6) is 2.03. The summed E-state index contributed by atoms with van der Waals surface area (Å²) in [4.78, 5) is 23.6. The Morgan fingerprint density at radius 2 is 2.02 bits per heavy atom. The molecule has 2 fully saturated rings. The number of aldehydes is 1. The van der Waals surface area contributed by atoms with Gasteiger partial charge in [0.25, 0.3) is 0 Å². The van der Waals surface area contributed by atoms with Crippen molar-refractivity contribution in [3.8, 4) is 5.88 Å². The van der Waals surface area contributed by atoms with E-state index in [0.29, 0.717) is 24.0 Å². The van der Waals surface area contributed by atoms with Gasteiger partial charge in [-0.05, 0) is 74.8 Å². The van der Waals surface area contributed by atoms with E-state index in [1.165, 1.54) is 6.21 Å². The topological polar surface area (TPSA) is 105 Å². The number of aromatic nitrogens is 3. The predicted molar refractivity (Wildman–Crippen MR) is 154 cm³/mol. The highest BCUT2D eigenvalue weighted by Gasteiger charge is 2.26. The zero-order valence-corrected chi connectivity index (χ0v) is 22.5. The van der Waals surface area contributed by atoms with Crippen molar-refractivity contribution in [1.82, 2.24) is 24.8 Å². The predicted octanol–water partition coefficient (Wildman–Crippen LogP) is 4.37. The second kappa shape index (κ2) is 12.0. The summed E-state index contributed by atoms with van der Waals surface area (Å²) in [5.41, 5.74) is 5.46. The molecule has 3 aliphatic rings. The molecule has 6 rings (SSSR count). The molecule has 2 N–H and O–H groups in total. The van der Waals surface area contributed by atoms with Crippen molar-refractivity contribution in [1.29, 1.82) is 5.41 Å². The minimum absolute atomic E-state index is 0.212. The van der Waals surface area contributed by atoms with Gasteiger partial charge in [-0.3, -0.25) is 9.69 Å². The standard InChI is InChI=1S/C31H34N6O3/c32-13-9-24-3-1-4-25(33-24)21-40-31-6-2-5-27(35-31)23-10-14-36(15-11-23)19-30-34-28-8-7-22(20-38)17-29(28)37(30)18-26-12-16-39-26/h1-9,13,17,20,23,26,32-33H,10-12,14-16,18-19,21H2/b24-9-,32-13?. The van der Waals surface area contributed by atoms with Crippen LogP contribution in [0, 0.1) is 5.41 Å². The first-order valence-corrected chi connectivity index (χ1v) is 13.9. The molecule has 0 spiro atoms. The van der Waals surface area contributed by atoms with E-state index in [1.54, 1.807) is 6.08 Å². The quantitative estimate of drug-likeness (QED) is 0.292. The molecular formula is C31H34N6O3. The van der Waals surface area contributed by atoms with E-state index in [9.17, 15) is 4.79 Å². The molecule has 2 aromatic heterocycles. The largest absolute Gasteiger partial charge is 0.471 e. The molecule has 0 bridgehead atoms. The van der Waals surface area contributed by atoms with Crippen LogP contribution in [0.3, 0.4) is 0 Å². The minimum Gasteiger partial charge on any atom is -0.471 e. The van der Waals surface area contributed by atoms with Crippen molar-refractivity contribution < 1.29 is 14.3 Å². The van der Waals surface area contributed by atoms with Crippen LogP contribution in [0.15, 0.2) is 72.1 Å². The van der Waals surface area contributed by atoms with Crippen molar-refractivity contribution >= 4 is 23.5 Å². The number of imidazole rings is 1. The Morgan fingerprint density at radius 3 is 2.80 bits per heavy atom. The van der Waals surface area contributed by atoms with Crippen LogP contribution >= 0.6 is 0 Å². The summed E-state index contributed by atoms with van der Waals surface area (Å²) in [6.45, 7) is 4.67. The zero-order valence-electron chi connectivity index (χ0n) is 22.5.